The normalized spacial score (nSPS) is 14.0. The zero-order chi connectivity index (χ0) is 30.9. The zero-order valence-electron chi connectivity index (χ0n) is 25.0. The summed E-state index contributed by atoms with van der Waals surface area (Å²) in [5, 5.41) is 5.99. The third kappa shape index (κ3) is 6.69. The van der Waals surface area contributed by atoms with Gasteiger partial charge in [0.1, 0.15) is 5.82 Å². The van der Waals surface area contributed by atoms with Crippen molar-refractivity contribution >= 4 is 39.6 Å². The minimum Gasteiger partial charge on any atom is -0.367 e. The molecule has 1 aliphatic heterocycles. The lowest BCUT2D eigenvalue weighted by Crippen LogP contribution is -2.38. The van der Waals surface area contributed by atoms with E-state index < -0.39 is 16.6 Å². The van der Waals surface area contributed by atoms with Crippen molar-refractivity contribution in [2.75, 3.05) is 40.1 Å². The molecule has 8 nitrogen and oxygen atoms in total. The van der Waals surface area contributed by atoms with Crippen LogP contribution < -0.4 is 21.1 Å². The van der Waals surface area contributed by atoms with Crippen molar-refractivity contribution in [1.82, 2.24) is 9.55 Å². The smallest absolute Gasteiger partial charge is 0.293 e. The molecule has 3 aromatic carbocycles. The summed E-state index contributed by atoms with van der Waals surface area (Å²) in [4.78, 5) is 32.5. The first kappa shape index (κ1) is 30.2. The van der Waals surface area contributed by atoms with E-state index in [1.165, 1.54) is 10.6 Å². The van der Waals surface area contributed by atoms with Crippen molar-refractivity contribution in [3.05, 3.63) is 99.7 Å². The SMILES string of the molecule is Cc1c(NC(=O)c2ccc(C(C)(C)C)cc2)cccc1-c1cn(C)c(=O)c(Nc2ccc(N3CCS(=O)CC3)c(F)c2)n1. The zero-order valence-corrected chi connectivity index (χ0v) is 25.8. The number of carbonyl (C=O) groups is 1. The van der Waals surface area contributed by atoms with E-state index in [0.717, 1.165) is 16.7 Å². The van der Waals surface area contributed by atoms with E-state index in [0.29, 0.717) is 52.9 Å². The van der Waals surface area contributed by atoms with Gasteiger partial charge in [-0.05, 0) is 59.9 Å². The summed E-state index contributed by atoms with van der Waals surface area (Å²) in [6.07, 6.45) is 1.64. The quantitative estimate of drug-likeness (QED) is 0.292. The first-order chi connectivity index (χ1) is 20.4. The Hall–Kier alpha value is -4.31. The third-order valence-electron chi connectivity index (χ3n) is 7.67. The molecule has 0 radical (unpaired) electrons. The molecule has 0 saturated carbocycles. The van der Waals surface area contributed by atoms with Crippen molar-refractivity contribution in [3.8, 4) is 11.3 Å². The summed E-state index contributed by atoms with van der Waals surface area (Å²) >= 11 is 0. The van der Waals surface area contributed by atoms with Gasteiger partial charge in [-0.3, -0.25) is 13.8 Å². The summed E-state index contributed by atoms with van der Waals surface area (Å²) < 4.78 is 28.2. The first-order valence-corrected chi connectivity index (χ1v) is 15.7. The van der Waals surface area contributed by atoms with Gasteiger partial charge in [0.05, 0.1) is 11.4 Å². The van der Waals surface area contributed by atoms with Crippen LogP contribution in [-0.2, 0) is 23.3 Å². The number of anilines is 4. The largest absolute Gasteiger partial charge is 0.367 e. The maximum Gasteiger partial charge on any atom is 0.293 e. The average Bonchev–Trinajstić information content (AvgIpc) is 2.97. The molecule has 0 atom stereocenters. The fourth-order valence-corrected chi connectivity index (χ4v) is 6.09. The Morgan fingerprint density at radius 1 is 1.02 bits per heavy atom. The number of carbonyl (C=O) groups excluding carboxylic acids is 1. The average molecular weight is 602 g/mol. The lowest BCUT2D eigenvalue weighted by atomic mass is 9.86. The van der Waals surface area contributed by atoms with Crippen molar-refractivity contribution in [2.45, 2.75) is 33.1 Å². The van der Waals surface area contributed by atoms with E-state index >= 15 is 4.39 Å². The Balaban J connectivity index is 1.38. The first-order valence-electron chi connectivity index (χ1n) is 14.2. The van der Waals surface area contributed by atoms with E-state index in [-0.39, 0.29) is 22.7 Å². The van der Waals surface area contributed by atoms with Gasteiger partial charge in [-0.15, -0.1) is 0 Å². The lowest BCUT2D eigenvalue weighted by Gasteiger charge is -2.28. The van der Waals surface area contributed by atoms with Crippen molar-refractivity contribution in [1.29, 1.82) is 0 Å². The topological polar surface area (TPSA) is 96.3 Å². The van der Waals surface area contributed by atoms with Gasteiger partial charge in [0.25, 0.3) is 11.5 Å². The molecule has 1 amide bonds. The summed E-state index contributed by atoms with van der Waals surface area (Å²) in [5.74, 6) is 0.424. The molecule has 1 saturated heterocycles. The van der Waals surface area contributed by atoms with Crippen LogP contribution in [0.15, 0.2) is 71.7 Å². The number of hydrogen-bond donors (Lipinski definition) is 2. The molecule has 224 valence electrons. The van der Waals surface area contributed by atoms with Gasteiger partial charge in [0.2, 0.25) is 0 Å². The van der Waals surface area contributed by atoms with Crippen LogP contribution in [0.2, 0.25) is 0 Å². The monoisotopic (exact) mass is 601 g/mol. The van der Waals surface area contributed by atoms with E-state index in [1.807, 2.05) is 54.3 Å². The fourth-order valence-electron chi connectivity index (χ4n) is 5.04. The Labute approximate surface area is 253 Å². The van der Waals surface area contributed by atoms with Gasteiger partial charge in [0.15, 0.2) is 5.82 Å². The van der Waals surface area contributed by atoms with Crippen LogP contribution in [0.1, 0.15) is 42.3 Å². The molecular weight excluding hydrogens is 565 g/mol. The molecule has 0 unspecified atom stereocenters. The van der Waals surface area contributed by atoms with Crippen LogP contribution in [0.3, 0.4) is 0 Å². The highest BCUT2D eigenvalue weighted by Crippen LogP contribution is 2.30. The van der Waals surface area contributed by atoms with Crippen LogP contribution in [0, 0.1) is 12.7 Å². The van der Waals surface area contributed by atoms with Crippen LogP contribution in [0.4, 0.5) is 27.3 Å². The van der Waals surface area contributed by atoms with E-state index in [1.54, 1.807) is 25.4 Å². The molecule has 0 bridgehead atoms. The molecule has 2 heterocycles. The van der Waals surface area contributed by atoms with Crippen LogP contribution >= 0.6 is 0 Å². The molecule has 1 aliphatic rings. The van der Waals surface area contributed by atoms with E-state index in [2.05, 4.69) is 36.4 Å². The lowest BCUT2D eigenvalue weighted by molar-refractivity contribution is 0.102. The number of amides is 1. The Morgan fingerprint density at radius 2 is 1.72 bits per heavy atom. The fraction of sp³-hybridized carbons (Fsp3) is 0.303. The number of benzene rings is 3. The predicted molar refractivity (Wildman–Crippen MR) is 173 cm³/mol. The molecule has 5 rings (SSSR count). The Kier molecular flexibility index (Phi) is 8.50. The summed E-state index contributed by atoms with van der Waals surface area (Å²) in [5.41, 5.74) is 4.83. The summed E-state index contributed by atoms with van der Waals surface area (Å²) in [6.45, 7) is 9.33. The number of nitrogens with one attached hydrogen (secondary N) is 2. The second-order valence-electron chi connectivity index (χ2n) is 11.8. The Bertz CT molecular complexity index is 1750. The molecule has 0 aliphatic carbocycles. The van der Waals surface area contributed by atoms with Crippen molar-refractivity contribution in [2.24, 2.45) is 7.05 Å². The number of nitrogens with zero attached hydrogens (tertiary/aromatic N) is 3. The van der Waals surface area contributed by atoms with Crippen LogP contribution in [0.25, 0.3) is 11.3 Å². The second-order valence-corrected chi connectivity index (χ2v) is 13.5. The van der Waals surface area contributed by atoms with E-state index in [4.69, 9.17) is 0 Å². The van der Waals surface area contributed by atoms with E-state index in [9.17, 15) is 13.8 Å². The number of halogens is 1. The maximum atomic E-state index is 15.1. The number of rotatable bonds is 6. The number of hydrogen-bond acceptors (Lipinski definition) is 6. The summed E-state index contributed by atoms with van der Waals surface area (Å²) in [7, 11) is 0.773. The third-order valence-corrected chi connectivity index (χ3v) is 8.95. The number of aromatic nitrogens is 2. The highest BCUT2D eigenvalue weighted by atomic mass is 32.2. The highest BCUT2D eigenvalue weighted by molar-refractivity contribution is 7.85. The molecule has 4 aromatic rings. The standard InChI is InChI=1S/C33H36FN5O3S/c1-21-25(7-6-8-27(21)37-31(40)22-9-11-23(12-10-22)33(2,3)4)28-20-38(5)32(41)30(36-28)35-24-13-14-29(26(34)19-24)39-15-17-43(42)18-16-39/h6-14,19-20H,15-18H2,1-5H3,(H,35,36)(H,37,40). The maximum absolute atomic E-state index is 15.1. The van der Waals surface area contributed by atoms with Gasteiger partial charge in [-0.25, -0.2) is 9.37 Å². The molecule has 43 heavy (non-hydrogen) atoms. The van der Waals surface area contributed by atoms with Crippen LogP contribution in [-0.4, -0.2) is 44.3 Å². The number of aryl methyl sites for hydroxylation is 1. The molecule has 1 fully saturated rings. The minimum atomic E-state index is -0.857. The van der Waals surface area contributed by atoms with Crippen LogP contribution in [0.5, 0.6) is 0 Å². The van der Waals surface area contributed by atoms with Gasteiger partial charge in [-0.1, -0.05) is 45.0 Å². The summed E-state index contributed by atoms with van der Waals surface area (Å²) in [6, 6.07) is 17.8. The van der Waals surface area contributed by atoms with Crippen molar-refractivity contribution < 1.29 is 13.4 Å². The Morgan fingerprint density at radius 3 is 2.37 bits per heavy atom. The van der Waals surface area contributed by atoms with Gasteiger partial charge in [-0.2, -0.15) is 0 Å². The molecule has 10 heteroatoms. The van der Waals surface area contributed by atoms with Crippen molar-refractivity contribution in [3.63, 3.8) is 0 Å². The molecule has 0 spiro atoms. The van der Waals surface area contributed by atoms with Gasteiger partial charge < -0.3 is 20.1 Å². The van der Waals surface area contributed by atoms with Gasteiger partial charge >= 0.3 is 0 Å². The highest BCUT2D eigenvalue weighted by Gasteiger charge is 2.20. The minimum absolute atomic E-state index is 0.00919. The van der Waals surface area contributed by atoms with Gasteiger partial charge in [0, 0.05) is 71.1 Å². The molecule has 1 aromatic heterocycles. The predicted octanol–water partition coefficient (Wildman–Crippen LogP) is 5.76. The second kappa shape index (κ2) is 12.1. The molecule has 2 N–H and O–H groups in total. The molecular formula is C33H36FN5O3S.